The van der Waals surface area contributed by atoms with Gasteiger partial charge >= 0.3 is 5.97 Å². The van der Waals surface area contributed by atoms with Crippen LogP contribution in [0.1, 0.15) is 24.8 Å². The van der Waals surface area contributed by atoms with Gasteiger partial charge < -0.3 is 4.74 Å². The van der Waals surface area contributed by atoms with E-state index in [0.717, 1.165) is 11.3 Å². The third-order valence-corrected chi connectivity index (χ3v) is 2.15. The number of para-hydroxylation sites is 1. The number of hydrogen-bond acceptors (Lipinski definition) is 2. The van der Waals surface area contributed by atoms with Gasteiger partial charge in [0.1, 0.15) is 5.75 Å². The fourth-order valence-corrected chi connectivity index (χ4v) is 1.50. The minimum Gasteiger partial charge on any atom is -0.426 e. The molecule has 1 aromatic rings. The molecule has 1 aromatic carbocycles. The van der Waals surface area contributed by atoms with Crippen LogP contribution in [0.3, 0.4) is 0 Å². The third kappa shape index (κ3) is 1.09. The Morgan fingerprint density at radius 3 is 3.00 bits per heavy atom. The number of carbonyl (C=O) groups excluding carboxylic acids is 1. The van der Waals surface area contributed by atoms with Crippen LogP contribution in [0.15, 0.2) is 24.3 Å². The minimum atomic E-state index is -0.124. The average Bonchev–Trinajstić information content (AvgIpc) is 2.04. The van der Waals surface area contributed by atoms with Crippen molar-refractivity contribution >= 4 is 5.97 Å². The summed E-state index contributed by atoms with van der Waals surface area (Å²) in [6.45, 7) is 2.04. The summed E-state index contributed by atoms with van der Waals surface area (Å²) in [5.74, 6) is 0.893. The van der Waals surface area contributed by atoms with E-state index in [4.69, 9.17) is 4.74 Å². The molecule has 1 atom stereocenters. The molecule has 0 fully saturated rings. The zero-order valence-corrected chi connectivity index (χ0v) is 6.91. The van der Waals surface area contributed by atoms with Crippen molar-refractivity contribution in [2.75, 3.05) is 0 Å². The fourth-order valence-electron chi connectivity index (χ4n) is 1.50. The summed E-state index contributed by atoms with van der Waals surface area (Å²) in [5.41, 5.74) is 1.14. The maximum atomic E-state index is 11.0. The number of ether oxygens (including phenoxy) is 1. The molecule has 2 nitrogen and oxygen atoms in total. The molecule has 0 amide bonds. The van der Waals surface area contributed by atoms with Crippen molar-refractivity contribution in [3.05, 3.63) is 29.8 Å². The molecule has 0 radical (unpaired) electrons. The Balaban J connectivity index is 2.47. The summed E-state index contributed by atoms with van der Waals surface area (Å²) in [7, 11) is 0. The summed E-state index contributed by atoms with van der Waals surface area (Å²) < 4.78 is 5.06. The highest BCUT2D eigenvalue weighted by Crippen LogP contribution is 2.32. The lowest BCUT2D eigenvalue weighted by Crippen LogP contribution is -2.18. The third-order valence-electron chi connectivity index (χ3n) is 2.15. The average molecular weight is 162 g/mol. The van der Waals surface area contributed by atoms with Crippen molar-refractivity contribution in [2.24, 2.45) is 0 Å². The van der Waals surface area contributed by atoms with Crippen LogP contribution >= 0.6 is 0 Å². The quantitative estimate of drug-likeness (QED) is 0.431. The summed E-state index contributed by atoms with van der Waals surface area (Å²) in [6.07, 6.45) is 0.497. The van der Waals surface area contributed by atoms with Gasteiger partial charge in [0.15, 0.2) is 0 Å². The highest BCUT2D eigenvalue weighted by atomic mass is 16.5. The van der Waals surface area contributed by atoms with Crippen LogP contribution in [0.4, 0.5) is 0 Å². The van der Waals surface area contributed by atoms with E-state index < -0.39 is 0 Å². The Morgan fingerprint density at radius 2 is 2.17 bits per heavy atom. The van der Waals surface area contributed by atoms with Gasteiger partial charge in [-0.15, -0.1) is 0 Å². The highest BCUT2D eigenvalue weighted by molar-refractivity contribution is 5.76. The predicted octanol–water partition coefficient (Wildman–Crippen LogP) is 2.10. The van der Waals surface area contributed by atoms with Gasteiger partial charge in [0.25, 0.3) is 0 Å². The molecule has 0 saturated heterocycles. The molecule has 0 spiro atoms. The van der Waals surface area contributed by atoms with E-state index >= 15 is 0 Å². The molecule has 2 rings (SSSR count). The molecule has 0 saturated carbocycles. The Morgan fingerprint density at radius 1 is 1.42 bits per heavy atom. The summed E-state index contributed by atoms with van der Waals surface area (Å²) >= 11 is 0. The second kappa shape index (κ2) is 2.63. The molecular weight excluding hydrogens is 152 g/mol. The van der Waals surface area contributed by atoms with Crippen molar-refractivity contribution in [1.29, 1.82) is 0 Å². The molecule has 1 aliphatic heterocycles. The molecule has 0 bridgehead atoms. The van der Waals surface area contributed by atoms with Crippen LogP contribution in [0.25, 0.3) is 0 Å². The lowest BCUT2D eigenvalue weighted by atomic mass is 9.95. The van der Waals surface area contributed by atoms with Crippen LogP contribution in [-0.4, -0.2) is 5.97 Å². The number of carbonyl (C=O) groups is 1. The van der Waals surface area contributed by atoms with Crippen molar-refractivity contribution in [3.8, 4) is 5.75 Å². The Kier molecular flexibility index (Phi) is 1.61. The maximum Gasteiger partial charge on any atom is 0.311 e. The summed E-state index contributed by atoms with van der Waals surface area (Å²) in [4.78, 5) is 11.0. The Labute approximate surface area is 71.2 Å². The number of benzene rings is 1. The minimum absolute atomic E-state index is 0.124. The predicted molar refractivity (Wildman–Crippen MR) is 45.1 cm³/mol. The number of esters is 1. The first-order chi connectivity index (χ1) is 5.77. The zero-order chi connectivity index (χ0) is 8.55. The van der Waals surface area contributed by atoms with Crippen molar-refractivity contribution in [1.82, 2.24) is 0 Å². The molecule has 0 aromatic heterocycles. The van der Waals surface area contributed by atoms with Gasteiger partial charge in [0.05, 0.1) is 6.42 Å². The van der Waals surface area contributed by atoms with Gasteiger partial charge in [-0.25, -0.2) is 0 Å². The largest absolute Gasteiger partial charge is 0.426 e. The zero-order valence-electron chi connectivity index (χ0n) is 6.91. The fraction of sp³-hybridized carbons (Fsp3) is 0.300. The lowest BCUT2D eigenvalue weighted by molar-refractivity contribution is -0.135. The van der Waals surface area contributed by atoms with E-state index in [1.807, 2.05) is 31.2 Å². The maximum absolute atomic E-state index is 11.0. The standard InChI is InChI=1S/C10H10O2/c1-7-6-10(11)12-9-5-3-2-4-8(7)9/h2-5,7H,6H2,1H3. The summed E-state index contributed by atoms with van der Waals surface area (Å²) in [5, 5.41) is 0. The number of rotatable bonds is 0. The van der Waals surface area contributed by atoms with Gasteiger partial charge in [0, 0.05) is 0 Å². The second-order valence-electron chi connectivity index (χ2n) is 3.12. The van der Waals surface area contributed by atoms with E-state index in [1.165, 1.54) is 0 Å². The van der Waals surface area contributed by atoms with Gasteiger partial charge in [-0.1, -0.05) is 25.1 Å². The van der Waals surface area contributed by atoms with Crippen LogP contribution in [0.2, 0.25) is 0 Å². The number of fused-ring (bicyclic) bond motifs is 1. The van der Waals surface area contributed by atoms with Crippen molar-refractivity contribution in [3.63, 3.8) is 0 Å². The van der Waals surface area contributed by atoms with Crippen molar-refractivity contribution < 1.29 is 9.53 Å². The van der Waals surface area contributed by atoms with E-state index in [0.29, 0.717) is 12.3 Å². The Bertz CT molecular complexity index is 317. The molecular formula is C10H10O2. The molecule has 1 unspecified atom stereocenters. The molecule has 1 aliphatic rings. The van der Waals surface area contributed by atoms with Gasteiger partial charge in [-0.2, -0.15) is 0 Å². The molecule has 0 N–H and O–H groups in total. The van der Waals surface area contributed by atoms with Crippen LogP contribution < -0.4 is 4.74 Å². The van der Waals surface area contributed by atoms with Crippen LogP contribution in [0, 0.1) is 0 Å². The number of hydrogen-bond donors (Lipinski definition) is 0. The summed E-state index contributed by atoms with van der Waals surface area (Å²) in [6, 6.07) is 7.69. The second-order valence-corrected chi connectivity index (χ2v) is 3.12. The lowest BCUT2D eigenvalue weighted by Gasteiger charge is -2.20. The van der Waals surface area contributed by atoms with Crippen LogP contribution in [-0.2, 0) is 4.79 Å². The van der Waals surface area contributed by atoms with Crippen LogP contribution in [0.5, 0.6) is 5.75 Å². The highest BCUT2D eigenvalue weighted by Gasteiger charge is 2.22. The van der Waals surface area contributed by atoms with E-state index in [9.17, 15) is 4.79 Å². The molecule has 12 heavy (non-hydrogen) atoms. The van der Waals surface area contributed by atoms with E-state index in [1.54, 1.807) is 0 Å². The van der Waals surface area contributed by atoms with Gasteiger partial charge in [-0.3, -0.25) is 4.79 Å². The Hall–Kier alpha value is -1.31. The van der Waals surface area contributed by atoms with E-state index in [-0.39, 0.29) is 5.97 Å². The van der Waals surface area contributed by atoms with Crippen molar-refractivity contribution in [2.45, 2.75) is 19.3 Å². The molecule has 62 valence electrons. The first kappa shape index (κ1) is 7.35. The molecule has 1 heterocycles. The first-order valence-corrected chi connectivity index (χ1v) is 4.07. The van der Waals surface area contributed by atoms with Gasteiger partial charge in [0.2, 0.25) is 0 Å². The first-order valence-electron chi connectivity index (χ1n) is 4.07. The normalized spacial score (nSPS) is 21.4. The molecule has 2 heteroatoms. The molecule has 0 aliphatic carbocycles. The van der Waals surface area contributed by atoms with Gasteiger partial charge in [-0.05, 0) is 17.5 Å². The smallest absolute Gasteiger partial charge is 0.311 e. The van der Waals surface area contributed by atoms with E-state index in [2.05, 4.69) is 0 Å². The topological polar surface area (TPSA) is 26.3 Å². The SMILES string of the molecule is CC1CC(=O)Oc2ccccc21. The monoisotopic (exact) mass is 162 g/mol.